The maximum absolute atomic E-state index is 13.3. The highest BCUT2D eigenvalue weighted by Gasteiger charge is 2.12. The van der Waals surface area contributed by atoms with Crippen LogP contribution in [0.5, 0.6) is 0 Å². The summed E-state index contributed by atoms with van der Waals surface area (Å²) in [4.78, 5) is 16.3. The summed E-state index contributed by atoms with van der Waals surface area (Å²) in [5, 5.41) is 15.9. The molecule has 2 aromatic carbocycles. The average molecular weight is 383 g/mol. The fourth-order valence-electron chi connectivity index (χ4n) is 2.59. The van der Waals surface area contributed by atoms with E-state index < -0.39 is 17.7 Å². The molecule has 0 bridgehead atoms. The molecule has 28 heavy (non-hydrogen) atoms. The van der Waals surface area contributed by atoms with Crippen molar-refractivity contribution < 1.29 is 18.7 Å². The van der Waals surface area contributed by atoms with Crippen molar-refractivity contribution in [3.63, 3.8) is 0 Å². The molecule has 0 aliphatic heterocycles. The van der Waals surface area contributed by atoms with Gasteiger partial charge in [-0.15, -0.1) is 0 Å². The van der Waals surface area contributed by atoms with Gasteiger partial charge in [0.1, 0.15) is 5.69 Å². The van der Waals surface area contributed by atoms with Gasteiger partial charge < -0.3 is 15.7 Å². The molecule has 1 aromatic heterocycles. The largest absolute Gasteiger partial charge is 0.387 e. The summed E-state index contributed by atoms with van der Waals surface area (Å²) < 4.78 is 26.3. The minimum atomic E-state index is -1.04. The Labute approximate surface area is 161 Å². The Bertz CT molecular complexity index is 951. The number of carbonyl (C=O) groups is 1. The van der Waals surface area contributed by atoms with E-state index in [9.17, 15) is 18.7 Å². The Kier molecular flexibility index (Phi) is 6.29. The van der Waals surface area contributed by atoms with Crippen LogP contribution in [0.25, 0.3) is 0 Å². The molecule has 0 spiro atoms. The van der Waals surface area contributed by atoms with E-state index in [1.54, 1.807) is 12.1 Å². The number of nitrogens with one attached hydrogen (secondary N) is 2. The monoisotopic (exact) mass is 383 g/mol. The molecule has 1 amide bonds. The molecular formula is C21H19F2N3O2. The number of rotatable bonds is 7. The fourth-order valence-corrected chi connectivity index (χ4v) is 2.59. The molecule has 3 rings (SSSR count). The molecule has 1 heterocycles. The summed E-state index contributed by atoms with van der Waals surface area (Å²) in [6, 6.07) is 15.9. The number of hydrogen-bond donors (Lipinski definition) is 3. The third kappa shape index (κ3) is 5.11. The van der Waals surface area contributed by atoms with Gasteiger partial charge in [0, 0.05) is 25.0 Å². The van der Waals surface area contributed by atoms with Gasteiger partial charge in [-0.1, -0.05) is 36.4 Å². The van der Waals surface area contributed by atoms with Crippen LogP contribution in [-0.4, -0.2) is 22.5 Å². The number of pyridine rings is 1. The van der Waals surface area contributed by atoms with Crippen molar-refractivity contribution in [3.05, 3.63) is 95.3 Å². The number of aliphatic hydroxyl groups is 1. The van der Waals surface area contributed by atoms with Crippen LogP contribution >= 0.6 is 0 Å². The number of anilines is 1. The Balaban J connectivity index is 1.58. The summed E-state index contributed by atoms with van der Waals surface area (Å²) in [5.41, 5.74) is 2.02. The number of amides is 1. The molecule has 1 atom stereocenters. The number of aromatic nitrogens is 1. The molecule has 0 radical (unpaired) electrons. The predicted octanol–water partition coefficient (Wildman–Crippen LogP) is 3.44. The van der Waals surface area contributed by atoms with Crippen LogP contribution < -0.4 is 10.6 Å². The van der Waals surface area contributed by atoms with Crippen molar-refractivity contribution in [1.29, 1.82) is 0 Å². The molecule has 144 valence electrons. The maximum atomic E-state index is 13.3. The van der Waals surface area contributed by atoms with E-state index in [1.807, 2.05) is 30.3 Å². The zero-order valence-electron chi connectivity index (χ0n) is 14.9. The van der Waals surface area contributed by atoms with E-state index in [2.05, 4.69) is 15.6 Å². The molecule has 3 aromatic rings. The van der Waals surface area contributed by atoms with Gasteiger partial charge in [0.2, 0.25) is 0 Å². The molecular weight excluding hydrogens is 364 g/mol. The van der Waals surface area contributed by atoms with Crippen molar-refractivity contribution in [2.75, 3.05) is 11.9 Å². The van der Waals surface area contributed by atoms with E-state index >= 15 is 0 Å². The van der Waals surface area contributed by atoms with Gasteiger partial charge >= 0.3 is 0 Å². The lowest BCUT2D eigenvalue weighted by Crippen LogP contribution is -2.24. The van der Waals surface area contributed by atoms with Gasteiger partial charge in [-0.25, -0.2) is 8.78 Å². The summed E-state index contributed by atoms with van der Waals surface area (Å²) in [5.74, 6) is -2.31. The van der Waals surface area contributed by atoms with Crippen molar-refractivity contribution in [2.24, 2.45) is 0 Å². The van der Waals surface area contributed by atoms with Crippen LogP contribution in [0.1, 0.15) is 27.7 Å². The third-order valence-electron chi connectivity index (χ3n) is 4.12. The van der Waals surface area contributed by atoms with Crippen LogP contribution in [0.15, 0.2) is 66.9 Å². The van der Waals surface area contributed by atoms with Crippen molar-refractivity contribution >= 4 is 11.6 Å². The minimum Gasteiger partial charge on any atom is -0.387 e. The van der Waals surface area contributed by atoms with Gasteiger partial charge in [-0.3, -0.25) is 9.78 Å². The van der Waals surface area contributed by atoms with E-state index in [0.717, 1.165) is 17.7 Å². The highest BCUT2D eigenvalue weighted by molar-refractivity contribution is 5.93. The van der Waals surface area contributed by atoms with E-state index in [4.69, 9.17) is 0 Å². The number of halogens is 2. The number of hydrogen-bond acceptors (Lipinski definition) is 4. The quantitative estimate of drug-likeness (QED) is 0.584. The molecule has 0 saturated carbocycles. The number of aliphatic hydroxyl groups excluding tert-OH is 1. The zero-order valence-corrected chi connectivity index (χ0v) is 14.9. The average Bonchev–Trinajstić information content (AvgIpc) is 2.73. The first kappa shape index (κ1) is 19.4. The maximum Gasteiger partial charge on any atom is 0.270 e. The Morgan fingerprint density at radius 2 is 1.82 bits per heavy atom. The second kappa shape index (κ2) is 9.05. The standard InChI is InChI=1S/C21H19F2N3O2/c22-17-7-6-15(10-18(17)23)20(27)13-25-16-8-9-24-19(11-16)21(28)26-12-14-4-2-1-3-5-14/h1-11,20,27H,12-13H2,(H,24,25)(H,26,28)/t20-/m0/s1. The van der Waals surface area contributed by atoms with Gasteiger partial charge in [-0.05, 0) is 35.4 Å². The molecule has 0 aliphatic carbocycles. The molecule has 7 heteroatoms. The number of nitrogens with zero attached hydrogens (tertiary/aromatic N) is 1. The lowest BCUT2D eigenvalue weighted by molar-refractivity contribution is 0.0946. The fraction of sp³-hybridized carbons (Fsp3) is 0.143. The van der Waals surface area contributed by atoms with E-state index in [-0.39, 0.29) is 23.7 Å². The minimum absolute atomic E-state index is 0.0557. The molecule has 5 nitrogen and oxygen atoms in total. The molecule has 0 saturated heterocycles. The highest BCUT2D eigenvalue weighted by Crippen LogP contribution is 2.17. The zero-order chi connectivity index (χ0) is 19.9. The Hall–Kier alpha value is -3.32. The highest BCUT2D eigenvalue weighted by atomic mass is 19.2. The summed E-state index contributed by atoms with van der Waals surface area (Å²) >= 11 is 0. The first-order chi connectivity index (χ1) is 13.5. The topological polar surface area (TPSA) is 74.2 Å². The van der Waals surface area contributed by atoms with Crippen LogP contribution in [0.2, 0.25) is 0 Å². The van der Waals surface area contributed by atoms with Crippen LogP contribution in [0.3, 0.4) is 0 Å². The summed E-state index contributed by atoms with van der Waals surface area (Å²) in [6.07, 6.45) is 0.433. The number of carbonyl (C=O) groups excluding carboxylic acids is 1. The first-order valence-corrected chi connectivity index (χ1v) is 8.68. The van der Waals surface area contributed by atoms with Crippen molar-refractivity contribution in [2.45, 2.75) is 12.6 Å². The molecule has 0 unspecified atom stereocenters. The first-order valence-electron chi connectivity index (χ1n) is 8.68. The smallest absolute Gasteiger partial charge is 0.270 e. The lowest BCUT2D eigenvalue weighted by Gasteiger charge is -2.14. The van der Waals surface area contributed by atoms with Gasteiger partial charge in [-0.2, -0.15) is 0 Å². The summed E-state index contributed by atoms with van der Waals surface area (Å²) in [7, 11) is 0. The van der Waals surface area contributed by atoms with Gasteiger partial charge in [0.25, 0.3) is 5.91 Å². The number of benzene rings is 2. The van der Waals surface area contributed by atoms with Crippen molar-refractivity contribution in [1.82, 2.24) is 10.3 Å². The van der Waals surface area contributed by atoms with Crippen LogP contribution in [-0.2, 0) is 6.54 Å². The Morgan fingerprint density at radius 3 is 2.57 bits per heavy atom. The van der Waals surface area contributed by atoms with E-state index in [1.165, 1.54) is 12.3 Å². The lowest BCUT2D eigenvalue weighted by atomic mass is 10.1. The predicted molar refractivity (Wildman–Crippen MR) is 102 cm³/mol. The molecule has 0 aliphatic rings. The summed E-state index contributed by atoms with van der Waals surface area (Å²) in [6.45, 7) is 0.439. The SMILES string of the molecule is O=C(NCc1ccccc1)c1cc(NC[C@H](O)c2ccc(F)c(F)c2)ccn1. The van der Waals surface area contributed by atoms with E-state index in [0.29, 0.717) is 12.2 Å². The van der Waals surface area contributed by atoms with Crippen LogP contribution in [0, 0.1) is 11.6 Å². The Morgan fingerprint density at radius 1 is 1.04 bits per heavy atom. The molecule has 0 fully saturated rings. The third-order valence-corrected chi connectivity index (χ3v) is 4.12. The second-order valence-electron chi connectivity index (χ2n) is 6.17. The van der Waals surface area contributed by atoms with Gasteiger partial charge in [0.15, 0.2) is 11.6 Å². The van der Waals surface area contributed by atoms with Gasteiger partial charge in [0.05, 0.1) is 6.10 Å². The molecule has 3 N–H and O–H groups in total. The normalized spacial score (nSPS) is 11.7. The van der Waals surface area contributed by atoms with Crippen molar-refractivity contribution in [3.8, 4) is 0 Å². The second-order valence-corrected chi connectivity index (χ2v) is 6.17. The van der Waals surface area contributed by atoms with Crippen LogP contribution in [0.4, 0.5) is 14.5 Å².